The van der Waals surface area contributed by atoms with Gasteiger partial charge in [0, 0.05) is 12.3 Å². The minimum absolute atomic E-state index is 0.0856. The zero-order valence-electron chi connectivity index (χ0n) is 5.94. The lowest BCUT2D eigenvalue weighted by atomic mass is 10.5. The summed E-state index contributed by atoms with van der Waals surface area (Å²) in [7, 11) is -4.05. The molecule has 0 fully saturated rings. The average molecular weight is 196 g/mol. The van der Waals surface area contributed by atoms with Crippen molar-refractivity contribution in [1.29, 1.82) is 0 Å². The van der Waals surface area contributed by atoms with Crippen LogP contribution >= 0.6 is 0 Å². The molecule has 0 saturated carbocycles. The molecule has 0 aromatic rings. The Kier molecular flexibility index (Phi) is 3.08. The predicted octanol–water partition coefficient (Wildman–Crippen LogP) is -0.504. The van der Waals surface area contributed by atoms with E-state index in [1.165, 1.54) is 0 Å². The number of carboxylic acid groups (broad SMARTS) is 1. The van der Waals surface area contributed by atoms with Crippen LogP contribution in [0.3, 0.4) is 0 Å². The van der Waals surface area contributed by atoms with Crippen LogP contribution in [-0.2, 0) is 19.4 Å². The SMILES string of the molecule is CS(=O)(=O)C(=O)C=C(F)C(=O)O. The predicted molar refractivity (Wildman–Crippen MR) is 36.7 cm³/mol. The number of carboxylic acids is 1. The molecule has 0 aliphatic rings. The molecule has 0 heterocycles. The zero-order chi connectivity index (χ0) is 9.94. The molecular weight excluding hydrogens is 191 g/mol. The van der Waals surface area contributed by atoms with Gasteiger partial charge in [0.05, 0.1) is 0 Å². The van der Waals surface area contributed by atoms with Crippen LogP contribution in [0.2, 0.25) is 0 Å². The largest absolute Gasteiger partial charge is 0.476 e. The van der Waals surface area contributed by atoms with E-state index in [0.29, 0.717) is 6.26 Å². The molecule has 68 valence electrons. The van der Waals surface area contributed by atoms with Crippen molar-refractivity contribution in [2.75, 3.05) is 6.26 Å². The summed E-state index contributed by atoms with van der Waals surface area (Å²) in [4.78, 5) is 20.2. The third kappa shape index (κ3) is 3.24. The van der Waals surface area contributed by atoms with Gasteiger partial charge in [0.15, 0.2) is 0 Å². The fourth-order valence-corrected chi connectivity index (χ4v) is 0.590. The Bertz CT molecular complexity index is 339. The summed E-state index contributed by atoms with van der Waals surface area (Å²) in [6.45, 7) is 0. The summed E-state index contributed by atoms with van der Waals surface area (Å²) in [5.41, 5.74) is 0. The Hall–Kier alpha value is -1.24. The van der Waals surface area contributed by atoms with Crippen molar-refractivity contribution in [2.45, 2.75) is 0 Å². The molecule has 0 aromatic heterocycles. The molecule has 0 aliphatic heterocycles. The van der Waals surface area contributed by atoms with Gasteiger partial charge in [0.25, 0.3) is 5.12 Å². The van der Waals surface area contributed by atoms with Gasteiger partial charge in [0.1, 0.15) is 0 Å². The maximum atomic E-state index is 12.1. The highest BCUT2D eigenvalue weighted by atomic mass is 32.2. The van der Waals surface area contributed by atoms with Crippen molar-refractivity contribution in [3.05, 3.63) is 11.9 Å². The van der Waals surface area contributed by atoms with Gasteiger partial charge < -0.3 is 5.11 Å². The average Bonchev–Trinajstić information content (AvgIpc) is 1.85. The maximum Gasteiger partial charge on any atom is 0.364 e. The van der Waals surface area contributed by atoms with Crippen molar-refractivity contribution in [3.63, 3.8) is 0 Å². The Labute approximate surface area is 67.4 Å². The summed E-state index contributed by atoms with van der Waals surface area (Å²) < 4.78 is 32.8. The summed E-state index contributed by atoms with van der Waals surface area (Å²) in [5.74, 6) is -3.78. The minimum atomic E-state index is -4.05. The molecular formula is C5H5FO5S. The molecule has 7 heteroatoms. The molecule has 0 spiro atoms. The Morgan fingerprint density at radius 2 is 1.83 bits per heavy atom. The van der Waals surface area contributed by atoms with Crippen LogP contribution in [0.15, 0.2) is 11.9 Å². The van der Waals surface area contributed by atoms with Gasteiger partial charge >= 0.3 is 5.97 Å². The van der Waals surface area contributed by atoms with Crippen LogP contribution in [-0.4, -0.2) is 30.9 Å². The molecule has 0 rings (SSSR count). The van der Waals surface area contributed by atoms with Crippen molar-refractivity contribution < 1.29 is 27.5 Å². The van der Waals surface area contributed by atoms with E-state index in [1.807, 2.05) is 0 Å². The molecule has 5 nitrogen and oxygen atoms in total. The van der Waals surface area contributed by atoms with Crippen molar-refractivity contribution in [1.82, 2.24) is 0 Å². The van der Waals surface area contributed by atoms with E-state index in [9.17, 15) is 22.4 Å². The topological polar surface area (TPSA) is 88.5 Å². The van der Waals surface area contributed by atoms with Gasteiger partial charge in [0.2, 0.25) is 15.7 Å². The highest BCUT2D eigenvalue weighted by molar-refractivity contribution is 8.05. The van der Waals surface area contributed by atoms with E-state index in [-0.39, 0.29) is 6.08 Å². The zero-order valence-corrected chi connectivity index (χ0v) is 6.76. The first-order valence-corrected chi connectivity index (χ1v) is 4.49. The number of hydrogen-bond acceptors (Lipinski definition) is 4. The standard InChI is InChI=1S/C5H5FO5S/c1-12(10,11)4(7)2-3(6)5(8)9/h2H,1H3,(H,8,9). The van der Waals surface area contributed by atoms with Gasteiger partial charge in [-0.1, -0.05) is 0 Å². The van der Waals surface area contributed by atoms with Gasteiger partial charge in [-0.2, -0.15) is 4.39 Å². The number of sulfone groups is 1. The van der Waals surface area contributed by atoms with Gasteiger partial charge in [-0.25, -0.2) is 13.2 Å². The summed E-state index contributed by atoms with van der Waals surface area (Å²) in [5, 5.41) is 6.34. The monoisotopic (exact) mass is 196 g/mol. The Balaban J connectivity index is 4.81. The van der Waals surface area contributed by atoms with Gasteiger partial charge in [-0.15, -0.1) is 0 Å². The number of rotatable bonds is 2. The van der Waals surface area contributed by atoms with Crippen LogP contribution in [0, 0.1) is 0 Å². The van der Waals surface area contributed by atoms with Crippen molar-refractivity contribution >= 4 is 20.9 Å². The second kappa shape index (κ2) is 3.44. The van der Waals surface area contributed by atoms with E-state index in [0.717, 1.165) is 0 Å². The van der Waals surface area contributed by atoms with Gasteiger partial charge in [-0.05, 0) is 0 Å². The van der Waals surface area contributed by atoms with E-state index < -0.39 is 26.7 Å². The minimum Gasteiger partial charge on any atom is -0.476 e. The molecule has 0 aliphatic carbocycles. The molecule has 0 saturated heterocycles. The molecule has 0 bridgehead atoms. The molecule has 0 atom stereocenters. The maximum absolute atomic E-state index is 12.1. The number of halogens is 1. The number of carbonyl (C=O) groups is 2. The number of aliphatic carboxylic acids is 1. The van der Waals surface area contributed by atoms with Crippen LogP contribution in [0.4, 0.5) is 4.39 Å². The normalized spacial score (nSPS) is 12.7. The van der Waals surface area contributed by atoms with Crippen molar-refractivity contribution in [3.8, 4) is 0 Å². The smallest absolute Gasteiger partial charge is 0.364 e. The van der Waals surface area contributed by atoms with Gasteiger partial charge in [-0.3, -0.25) is 4.79 Å². The van der Waals surface area contributed by atoms with E-state index in [4.69, 9.17) is 5.11 Å². The first-order valence-electron chi connectivity index (χ1n) is 2.59. The molecule has 12 heavy (non-hydrogen) atoms. The molecule has 0 radical (unpaired) electrons. The third-order valence-electron chi connectivity index (χ3n) is 0.814. The first kappa shape index (κ1) is 10.8. The highest BCUT2D eigenvalue weighted by Crippen LogP contribution is 1.98. The molecule has 0 unspecified atom stereocenters. The molecule has 0 amide bonds. The van der Waals surface area contributed by atoms with E-state index in [2.05, 4.69) is 0 Å². The van der Waals surface area contributed by atoms with E-state index >= 15 is 0 Å². The fraction of sp³-hybridized carbons (Fsp3) is 0.200. The quantitative estimate of drug-likeness (QED) is 0.601. The lowest BCUT2D eigenvalue weighted by molar-refractivity contribution is -0.134. The summed E-state index contributed by atoms with van der Waals surface area (Å²) >= 11 is 0. The van der Waals surface area contributed by atoms with Crippen LogP contribution in [0.25, 0.3) is 0 Å². The van der Waals surface area contributed by atoms with E-state index in [1.54, 1.807) is 0 Å². The Morgan fingerprint density at radius 3 is 2.08 bits per heavy atom. The highest BCUT2D eigenvalue weighted by Gasteiger charge is 2.16. The van der Waals surface area contributed by atoms with Crippen LogP contribution in [0.1, 0.15) is 0 Å². The summed E-state index contributed by atoms with van der Waals surface area (Å²) in [6.07, 6.45) is 0.471. The second-order valence-electron chi connectivity index (χ2n) is 1.89. The van der Waals surface area contributed by atoms with Crippen LogP contribution < -0.4 is 0 Å². The molecule has 0 aromatic carbocycles. The third-order valence-corrected chi connectivity index (χ3v) is 1.66. The van der Waals surface area contributed by atoms with Crippen LogP contribution in [0.5, 0.6) is 0 Å². The second-order valence-corrected chi connectivity index (χ2v) is 3.84. The number of hydrogen-bond donors (Lipinski definition) is 1. The lowest BCUT2D eigenvalue weighted by Gasteiger charge is -1.88. The summed E-state index contributed by atoms with van der Waals surface area (Å²) in [6, 6.07) is 0. The Morgan fingerprint density at radius 1 is 1.42 bits per heavy atom. The fourth-order valence-electron chi connectivity index (χ4n) is 0.272. The first-order chi connectivity index (χ1) is 5.25. The lowest BCUT2D eigenvalue weighted by Crippen LogP contribution is -2.11. The molecule has 1 N–H and O–H groups in total. The number of carbonyl (C=O) groups excluding carboxylic acids is 1. The van der Waals surface area contributed by atoms with Crippen molar-refractivity contribution in [2.24, 2.45) is 0 Å².